The first-order valence-electron chi connectivity index (χ1n) is 5.01. The van der Waals surface area contributed by atoms with E-state index >= 15 is 0 Å². The van der Waals surface area contributed by atoms with Crippen LogP contribution in [0.15, 0.2) is 11.6 Å². The Morgan fingerprint density at radius 1 is 1.56 bits per heavy atom. The summed E-state index contributed by atoms with van der Waals surface area (Å²) in [7, 11) is 0. The number of esters is 1. The quantitative estimate of drug-likeness (QED) is 0.438. The molecule has 86 valence electrons. The van der Waals surface area contributed by atoms with Gasteiger partial charge in [0, 0.05) is 0 Å². The third-order valence-electron chi connectivity index (χ3n) is 2.22. The van der Waals surface area contributed by atoms with Crippen molar-refractivity contribution >= 4 is 11.9 Å². The van der Waals surface area contributed by atoms with Gasteiger partial charge in [0.05, 0.1) is 12.0 Å². The third kappa shape index (κ3) is 3.09. The summed E-state index contributed by atoms with van der Waals surface area (Å²) in [6, 6.07) is 1.73. The lowest BCUT2D eigenvalue weighted by Gasteiger charge is -2.06. The molecule has 0 radical (unpaired) electrons. The Morgan fingerprint density at radius 3 is 2.56 bits per heavy atom. The van der Waals surface area contributed by atoms with Crippen LogP contribution in [0.25, 0.3) is 0 Å². The zero-order valence-electron chi connectivity index (χ0n) is 9.14. The molecule has 1 fully saturated rings. The normalized spacial score (nSPS) is 23.8. The van der Waals surface area contributed by atoms with Crippen LogP contribution in [-0.2, 0) is 14.3 Å². The molecule has 0 bridgehead atoms. The number of aliphatic carboxylic acids is 1. The molecule has 2 atom stereocenters. The average Bonchev–Trinajstić information content (AvgIpc) is 2.91. The fraction of sp³-hybridized carbons (Fsp3) is 0.545. The molecule has 0 heterocycles. The van der Waals surface area contributed by atoms with E-state index < -0.39 is 17.9 Å². The Hall–Kier alpha value is -1.83. The maximum atomic E-state index is 11.4. The molecule has 0 aliphatic heterocycles. The number of ether oxygens (including phenoxy) is 1. The molecular formula is C11H13NO4. The first-order chi connectivity index (χ1) is 7.45. The van der Waals surface area contributed by atoms with Crippen LogP contribution < -0.4 is 0 Å². The number of carboxylic acid groups (broad SMARTS) is 1. The van der Waals surface area contributed by atoms with Gasteiger partial charge in [-0.05, 0) is 26.2 Å². The van der Waals surface area contributed by atoms with Crippen molar-refractivity contribution in [3.8, 4) is 6.07 Å². The lowest BCUT2D eigenvalue weighted by Crippen LogP contribution is -2.13. The summed E-state index contributed by atoms with van der Waals surface area (Å²) in [4.78, 5) is 21.9. The molecule has 0 spiro atoms. The van der Waals surface area contributed by atoms with Gasteiger partial charge in [0.2, 0.25) is 0 Å². The Bertz CT molecular complexity index is 378. The number of nitrogens with zero attached hydrogens (tertiary/aromatic N) is 1. The zero-order valence-corrected chi connectivity index (χ0v) is 9.14. The Balaban J connectivity index is 2.63. The second kappa shape index (κ2) is 4.79. The van der Waals surface area contributed by atoms with Gasteiger partial charge in [-0.25, -0.2) is 4.79 Å². The van der Waals surface area contributed by atoms with Gasteiger partial charge >= 0.3 is 11.9 Å². The molecule has 0 aromatic rings. The highest BCUT2D eigenvalue weighted by atomic mass is 16.5. The molecule has 5 heteroatoms. The number of allylic oxidation sites excluding steroid dienone is 1. The smallest absolute Gasteiger partial charge is 0.348 e. The Kier molecular flexibility index (Phi) is 3.67. The van der Waals surface area contributed by atoms with Gasteiger partial charge in [-0.1, -0.05) is 6.08 Å². The summed E-state index contributed by atoms with van der Waals surface area (Å²) in [5.41, 5.74) is -0.109. The topological polar surface area (TPSA) is 87.4 Å². The van der Waals surface area contributed by atoms with Crippen molar-refractivity contribution in [2.75, 3.05) is 0 Å². The van der Waals surface area contributed by atoms with Crippen LogP contribution >= 0.6 is 0 Å². The van der Waals surface area contributed by atoms with Gasteiger partial charge in [0.1, 0.15) is 11.6 Å². The molecule has 0 unspecified atom stereocenters. The van der Waals surface area contributed by atoms with Crippen molar-refractivity contribution < 1.29 is 19.4 Å². The van der Waals surface area contributed by atoms with Crippen LogP contribution in [0.3, 0.4) is 0 Å². The number of rotatable bonds is 4. The molecule has 1 aliphatic carbocycles. The molecule has 0 amide bonds. The van der Waals surface area contributed by atoms with E-state index in [-0.39, 0.29) is 17.6 Å². The second-order valence-electron chi connectivity index (χ2n) is 3.99. The SMILES string of the molecule is CC(C)OC(=O)C(C#N)=C[C@@H]1C[C@H]1C(=O)O. The summed E-state index contributed by atoms with van der Waals surface area (Å²) < 4.78 is 4.85. The maximum absolute atomic E-state index is 11.4. The largest absolute Gasteiger partial charge is 0.481 e. The van der Waals surface area contributed by atoms with Gasteiger partial charge in [-0.2, -0.15) is 5.26 Å². The number of hydrogen-bond donors (Lipinski definition) is 1. The molecule has 1 saturated carbocycles. The second-order valence-corrected chi connectivity index (χ2v) is 3.99. The fourth-order valence-corrected chi connectivity index (χ4v) is 1.33. The van der Waals surface area contributed by atoms with Crippen molar-refractivity contribution in [1.29, 1.82) is 5.26 Å². The lowest BCUT2D eigenvalue weighted by atomic mass is 10.2. The Morgan fingerprint density at radius 2 is 2.19 bits per heavy atom. The average molecular weight is 223 g/mol. The molecule has 1 rings (SSSR count). The van der Waals surface area contributed by atoms with E-state index in [0.717, 1.165) is 0 Å². The predicted octanol–water partition coefficient (Wildman–Crippen LogP) is 1.11. The van der Waals surface area contributed by atoms with E-state index in [1.807, 2.05) is 0 Å². The minimum atomic E-state index is -0.893. The number of hydrogen-bond acceptors (Lipinski definition) is 4. The predicted molar refractivity (Wildman–Crippen MR) is 54.2 cm³/mol. The summed E-state index contributed by atoms with van der Waals surface area (Å²) in [6.45, 7) is 3.37. The Labute approximate surface area is 93.3 Å². The van der Waals surface area contributed by atoms with Crippen LogP contribution in [0.1, 0.15) is 20.3 Å². The van der Waals surface area contributed by atoms with E-state index in [1.165, 1.54) is 6.08 Å². The minimum absolute atomic E-state index is 0.109. The van der Waals surface area contributed by atoms with Gasteiger partial charge < -0.3 is 9.84 Å². The third-order valence-corrected chi connectivity index (χ3v) is 2.22. The molecule has 0 aromatic heterocycles. The molecule has 0 saturated heterocycles. The van der Waals surface area contributed by atoms with E-state index in [9.17, 15) is 9.59 Å². The number of nitriles is 1. The lowest BCUT2D eigenvalue weighted by molar-refractivity contribution is -0.142. The molecule has 5 nitrogen and oxygen atoms in total. The highest BCUT2D eigenvalue weighted by Gasteiger charge is 2.42. The number of carbonyl (C=O) groups excluding carboxylic acids is 1. The molecule has 0 aromatic carbocycles. The van der Waals surface area contributed by atoms with E-state index in [1.54, 1.807) is 19.9 Å². The molecular weight excluding hydrogens is 210 g/mol. The zero-order chi connectivity index (χ0) is 12.3. The van der Waals surface area contributed by atoms with Crippen molar-refractivity contribution in [3.05, 3.63) is 11.6 Å². The molecule has 1 aliphatic rings. The molecule has 1 N–H and O–H groups in total. The fourth-order valence-electron chi connectivity index (χ4n) is 1.33. The van der Waals surface area contributed by atoms with Crippen LogP contribution in [0.4, 0.5) is 0 Å². The van der Waals surface area contributed by atoms with Crippen molar-refractivity contribution in [1.82, 2.24) is 0 Å². The van der Waals surface area contributed by atoms with Crippen LogP contribution in [0, 0.1) is 23.2 Å². The van der Waals surface area contributed by atoms with Gasteiger partial charge in [0.15, 0.2) is 0 Å². The summed E-state index contributed by atoms with van der Waals surface area (Å²) in [5, 5.41) is 17.4. The summed E-state index contributed by atoms with van der Waals surface area (Å²) in [5.74, 6) is -2.26. The van der Waals surface area contributed by atoms with Crippen LogP contribution in [0.5, 0.6) is 0 Å². The monoisotopic (exact) mass is 223 g/mol. The van der Waals surface area contributed by atoms with Crippen molar-refractivity contribution in [3.63, 3.8) is 0 Å². The number of carboxylic acids is 1. The highest BCUT2D eigenvalue weighted by molar-refractivity contribution is 5.93. The summed E-state index contributed by atoms with van der Waals surface area (Å²) >= 11 is 0. The standard InChI is InChI=1S/C11H13NO4/c1-6(2)16-11(15)8(5-12)3-7-4-9(7)10(13)14/h3,6-7,9H,4H2,1-2H3,(H,13,14)/t7-,9-/m1/s1. The van der Waals surface area contributed by atoms with E-state index in [2.05, 4.69) is 0 Å². The maximum Gasteiger partial charge on any atom is 0.348 e. The first kappa shape index (κ1) is 12.2. The van der Waals surface area contributed by atoms with E-state index in [4.69, 9.17) is 15.1 Å². The highest BCUT2D eigenvalue weighted by Crippen LogP contribution is 2.40. The van der Waals surface area contributed by atoms with Crippen LogP contribution in [0.2, 0.25) is 0 Å². The van der Waals surface area contributed by atoms with Gasteiger partial charge in [0.25, 0.3) is 0 Å². The van der Waals surface area contributed by atoms with Crippen molar-refractivity contribution in [2.24, 2.45) is 11.8 Å². The van der Waals surface area contributed by atoms with Crippen LogP contribution in [-0.4, -0.2) is 23.1 Å². The van der Waals surface area contributed by atoms with Gasteiger partial charge in [-0.3, -0.25) is 4.79 Å². The minimum Gasteiger partial charge on any atom is -0.481 e. The first-order valence-corrected chi connectivity index (χ1v) is 5.01. The molecule has 16 heavy (non-hydrogen) atoms. The number of carbonyl (C=O) groups is 2. The van der Waals surface area contributed by atoms with Gasteiger partial charge in [-0.15, -0.1) is 0 Å². The van der Waals surface area contributed by atoms with Crippen molar-refractivity contribution in [2.45, 2.75) is 26.4 Å². The van der Waals surface area contributed by atoms with E-state index in [0.29, 0.717) is 6.42 Å². The summed E-state index contributed by atoms with van der Waals surface area (Å²) in [6.07, 6.45) is 1.58.